The first kappa shape index (κ1) is 13.5. The molecule has 0 spiro atoms. The fourth-order valence-electron chi connectivity index (χ4n) is 2.48. The summed E-state index contributed by atoms with van der Waals surface area (Å²) in [6.07, 6.45) is 1.76. The Morgan fingerprint density at radius 1 is 1.22 bits per heavy atom. The molecule has 1 saturated heterocycles. The molecule has 1 aromatic rings. The summed E-state index contributed by atoms with van der Waals surface area (Å²) in [7, 11) is -3.48. The predicted molar refractivity (Wildman–Crippen MR) is 68.2 cm³/mol. The standard InChI is InChI=1S/C13H18FNO2S/c1-10-7-8-15(11(2)9-10)18(16,17)13-5-3-12(14)4-6-13/h3-6,10-11H,7-9H2,1-2H3. The summed E-state index contributed by atoms with van der Waals surface area (Å²) in [6.45, 7) is 4.61. The summed E-state index contributed by atoms with van der Waals surface area (Å²) in [4.78, 5) is 0.172. The molecule has 0 N–H and O–H groups in total. The van der Waals surface area contributed by atoms with Gasteiger partial charge in [0.2, 0.25) is 10.0 Å². The zero-order valence-corrected chi connectivity index (χ0v) is 11.5. The molecule has 0 bridgehead atoms. The Kier molecular flexibility index (Phi) is 3.73. The van der Waals surface area contributed by atoms with E-state index >= 15 is 0 Å². The lowest BCUT2D eigenvalue weighted by molar-refractivity contribution is 0.220. The summed E-state index contributed by atoms with van der Waals surface area (Å²) in [6, 6.07) is 5.03. The topological polar surface area (TPSA) is 37.4 Å². The van der Waals surface area contributed by atoms with Gasteiger partial charge in [0.1, 0.15) is 5.82 Å². The van der Waals surface area contributed by atoms with Gasteiger partial charge in [-0.1, -0.05) is 6.92 Å². The van der Waals surface area contributed by atoms with Gasteiger partial charge in [-0.15, -0.1) is 0 Å². The average molecular weight is 271 g/mol. The third-order valence-electron chi connectivity index (χ3n) is 3.50. The minimum Gasteiger partial charge on any atom is -0.207 e. The van der Waals surface area contributed by atoms with Gasteiger partial charge < -0.3 is 0 Å². The number of hydrogen-bond donors (Lipinski definition) is 0. The zero-order chi connectivity index (χ0) is 13.3. The summed E-state index contributed by atoms with van der Waals surface area (Å²) < 4.78 is 39.2. The van der Waals surface area contributed by atoms with Crippen molar-refractivity contribution in [3.8, 4) is 0 Å². The number of piperidine rings is 1. The van der Waals surface area contributed by atoms with Crippen molar-refractivity contribution in [3.63, 3.8) is 0 Å². The lowest BCUT2D eigenvalue weighted by Gasteiger charge is -2.35. The largest absolute Gasteiger partial charge is 0.243 e. The quantitative estimate of drug-likeness (QED) is 0.829. The number of halogens is 1. The van der Waals surface area contributed by atoms with Crippen molar-refractivity contribution in [2.24, 2.45) is 5.92 Å². The fourth-order valence-corrected chi connectivity index (χ4v) is 4.14. The van der Waals surface area contributed by atoms with E-state index in [0.29, 0.717) is 12.5 Å². The minimum atomic E-state index is -3.48. The molecule has 2 unspecified atom stereocenters. The van der Waals surface area contributed by atoms with Gasteiger partial charge in [0.05, 0.1) is 4.90 Å². The average Bonchev–Trinajstić information content (AvgIpc) is 2.29. The second kappa shape index (κ2) is 4.97. The van der Waals surface area contributed by atoms with Crippen LogP contribution in [0.25, 0.3) is 0 Å². The van der Waals surface area contributed by atoms with Crippen molar-refractivity contribution < 1.29 is 12.8 Å². The van der Waals surface area contributed by atoms with Gasteiger partial charge in [-0.05, 0) is 49.9 Å². The first-order valence-corrected chi connectivity index (χ1v) is 7.62. The van der Waals surface area contributed by atoms with Crippen LogP contribution < -0.4 is 0 Å². The highest BCUT2D eigenvalue weighted by Crippen LogP contribution is 2.28. The first-order valence-electron chi connectivity index (χ1n) is 6.18. The summed E-state index contributed by atoms with van der Waals surface area (Å²) >= 11 is 0. The van der Waals surface area contributed by atoms with Crippen LogP contribution in [0, 0.1) is 11.7 Å². The Labute approximate surface area is 108 Å². The maximum absolute atomic E-state index is 12.8. The molecule has 18 heavy (non-hydrogen) atoms. The Morgan fingerprint density at radius 3 is 2.39 bits per heavy atom. The van der Waals surface area contributed by atoms with E-state index in [9.17, 15) is 12.8 Å². The maximum Gasteiger partial charge on any atom is 0.243 e. The van der Waals surface area contributed by atoms with Gasteiger partial charge >= 0.3 is 0 Å². The van der Waals surface area contributed by atoms with Crippen LogP contribution in [0.2, 0.25) is 0 Å². The maximum atomic E-state index is 12.8. The second-order valence-electron chi connectivity index (χ2n) is 5.05. The highest BCUT2D eigenvalue weighted by Gasteiger charge is 2.33. The van der Waals surface area contributed by atoms with E-state index in [2.05, 4.69) is 6.92 Å². The van der Waals surface area contributed by atoms with Gasteiger partial charge in [-0.2, -0.15) is 4.31 Å². The molecule has 1 heterocycles. The van der Waals surface area contributed by atoms with E-state index in [1.807, 2.05) is 6.92 Å². The van der Waals surface area contributed by atoms with Gasteiger partial charge in [0.25, 0.3) is 0 Å². The Hall–Kier alpha value is -0.940. The molecule has 1 aliphatic heterocycles. The molecule has 0 aromatic heterocycles. The number of sulfonamides is 1. The Morgan fingerprint density at radius 2 is 1.83 bits per heavy atom. The Balaban J connectivity index is 2.28. The predicted octanol–water partition coefficient (Wildman–Crippen LogP) is 2.63. The molecule has 1 aromatic carbocycles. The van der Waals surface area contributed by atoms with Gasteiger partial charge in [-0.3, -0.25) is 0 Å². The van der Waals surface area contributed by atoms with E-state index < -0.39 is 15.8 Å². The molecule has 0 radical (unpaired) electrons. The molecular weight excluding hydrogens is 253 g/mol. The van der Waals surface area contributed by atoms with Crippen molar-refractivity contribution in [2.45, 2.75) is 37.6 Å². The number of benzene rings is 1. The summed E-state index contributed by atoms with van der Waals surface area (Å²) in [5, 5.41) is 0. The van der Waals surface area contributed by atoms with Crippen LogP contribution in [0.1, 0.15) is 26.7 Å². The van der Waals surface area contributed by atoms with Crippen molar-refractivity contribution >= 4 is 10.0 Å². The molecular formula is C13H18FNO2S. The van der Waals surface area contributed by atoms with E-state index in [1.165, 1.54) is 28.6 Å². The van der Waals surface area contributed by atoms with Crippen molar-refractivity contribution in [3.05, 3.63) is 30.1 Å². The van der Waals surface area contributed by atoms with Crippen LogP contribution >= 0.6 is 0 Å². The van der Waals surface area contributed by atoms with Crippen LogP contribution in [0.4, 0.5) is 4.39 Å². The molecule has 1 aliphatic rings. The highest BCUT2D eigenvalue weighted by molar-refractivity contribution is 7.89. The fraction of sp³-hybridized carbons (Fsp3) is 0.538. The van der Waals surface area contributed by atoms with E-state index in [4.69, 9.17) is 0 Å². The molecule has 2 rings (SSSR count). The van der Waals surface area contributed by atoms with Gasteiger partial charge in [0, 0.05) is 12.6 Å². The van der Waals surface area contributed by atoms with Crippen molar-refractivity contribution in [2.75, 3.05) is 6.54 Å². The van der Waals surface area contributed by atoms with Crippen LogP contribution in [0.5, 0.6) is 0 Å². The van der Waals surface area contributed by atoms with Crippen LogP contribution in [0.3, 0.4) is 0 Å². The smallest absolute Gasteiger partial charge is 0.207 e. The molecule has 0 saturated carbocycles. The molecule has 0 amide bonds. The molecule has 2 atom stereocenters. The van der Waals surface area contributed by atoms with E-state index in [-0.39, 0.29) is 10.9 Å². The van der Waals surface area contributed by atoms with Gasteiger partial charge in [-0.25, -0.2) is 12.8 Å². The monoisotopic (exact) mass is 271 g/mol. The third-order valence-corrected chi connectivity index (χ3v) is 5.53. The zero-order valence-electron chi connectivity index (χ0n) is 10.6. The van der Waals surface area contributed by atoms with Gasteiger partial charge in [0.15, 0.2) is 0 Å². The highest BCUT2D eigenvalue weighted by atomic mass is 32.2. The molecule has 1 fully saturated rings. The van der Waals surface area contributed by atoms with Crippen molar-refractivity contribution in [1.82, 2.24) is 4.31 Å². The minimum absolute atomic E-state index is 0.00352. The Bertz CT molecular complexity index is 512. The SMILES string of the molecule is CC1CCN(S(=O)(=O)c2ccc(F)cc2)C(C)C1. The summed E-state index contributed by atoms with van der Waals surface area (Å²) in [5.74, 6) is 0.133. The lowest BCUT2D eigenvalue weighted by Crippen LogP contribution is -2.44. The van der Waals surface area contributed by atoms with Crippen LogP contribution in [0.15, 0.2) is 29.2 Å². The normalized spacial score (nSPS) is 26.2. The lowest BCUT2D eigenvalue weighted by atomic mass is 9.95. The molecule has 5 heteroatoms. The molecule has 100 valence electrons. The van der Waals surface area contributed by atoms with Crippen LogP contribution in [-0.4, -0.2) is 25.3 Å². The number of nitrogens with zero attached hydrogens (tertiary/aromatic N) is 1. The van der Waals surface area contributed by atoms with Crippen LogP contribution in [-0.2, 0) is 10.0 Å². The summed E-state index contributed by atoms with van der Waals surface area (Å²) in [5.41, 5.74) is 0. The molecule has 3 nitrogen and oxygen atoms in total. The van der Waals surface area contributed by atoms with E-state index in [1.54, 1.807) is 0 Å². The first-order chi connectivity index (χ1) is 8.41. The van der Waals surface area contributed by atoms with Crippen molar-refractivity contribution in [1.29, 1.82) is 0 Å². The number of hydrogen-bond acceptors (Lipinski definition) is 2. The second-order valence-corrected chi connectivity index (χ2v) is 6.94. The molecule has 0 aliphatic carbocycles. The number of rotatable bonds is 2. The third kappa shape index (κ3) is 2.57. The van der Waals surface area contributed by atoms with E-state index in [0.717, 1.165) is 12.8 Å².